The van der Waals surface area contributed by atoms with Gasteiger partial charge in [-0.25, -0.2) is 0 Å². The van der Waals surface area contributed by atoms with Crippen molar-refractivity contribution in [3.63, 3.8) is 0 Å². The van der Waals surface area contributed by atoms with E-state index in [9.17, 15) is 18.3 Å². The van der Waals surface area contributed by atoms with Crippen molar-refractivity contribution in [3.05, 3.63) is 0 Å². The highest BCUT2D eigenvalue weighted by molar-refractivity contribution is 4.90. The second-order valence-electron chi connectivity index (χ2n) is 3.55. The van der Waals surface area contributed by atoms with Crippen LogP contribution in [0.4, 0.5) is 13.2 Å². The van der Waals surface area contributed by atoms with Gasteiger partial charge in [0.1, 0.15) is 0 Å². The maximum atomic E-state index is 12.2. The fourth-order valence-corrected chi connectivity index (χ4v) is 1.21. The lowest BCUT2D eigenvalue weighted by Crippen LogP contribution is -2.38. The zero-order chi connectivity index (χ0) is 12.8. The van der Waals surface area contributed by atoms with E-state index in [0.29, 0.717) is 0 Å². The quantitative estimate of drug-likeness (QED) is 0.739. The van der Waals surface area contributed by atoms with Crippen LogP contribution in [-0.2, 0) is 4.74 Å². The van der Waals surface area contributed by atoms with E-state index in [1.165, 1.54) is 25.1 Å². The molecule has 0 aliphatic carbocycles. The molecule has 0 aliphatic heterocycles. The van der Waals surface area contributed by atoms with Gasteiger partial charge in [-0.3, -0.25) is 0 Å². The number of likely N-dealkylation sites (N-methyl/N-ethyl adjacent to an activating group) is 1. The Bertz CT molecular complexity index is 240. The van der Waals surface area contributed by atoms with Gasteiger partial charge in [-0.05, 0) is 7.05 Å². The minimum atomic E-state index is -4.53. The van der Waals surface area contributed by atoms with Crippen LogP contribution in [0.3, 0.4) is 0 Å². The molecule has 2 atom stereocenters. The van der Waals surface area contributed by atoms with Crippen molar-refractivity contribution in [3.8, 4) is 6.07 Å². The van der Waals surface area contributed by atoms with Crippen molar-refractivity contribution >= 4 is 0 Å². The van der Waals surface area contributed by atoms with E-state index in [0.717, 1.165) is 0 Å². The number of alkyl halides is 3. The van der Waals surface area contributed by atoms with Crippen LogP contribution in [-0.4, -0.2) is 56.1 Å². The lowest BCUT2D eigenvalue weighted by atomic mass is 10.1. The summed E-state index contributed by atoms with van der Waals surface area (Å²) in [6.45, 7) is -0.379. The molecule has 4 nitrogen and oxygen atoms in total. The molecule has 0 spiro atoms. The maximum absolute atomic E-state index is 12.2. The number of rotatable bonds is 6. The Morgan fingerprint density at radius 1 is 1.44 bits per heavy atom. The third-order valence-electron chi connectivity index (χ3n) is 1.93. The van der Waals surface area contributed by atoms with Gasteiger partial charge in [-0.15, -0.1) is 0 Å². The Morgan fingerprint density at radius 3 is 2.38 bits per heavy atom. The van der Waals surface area contributed by atoms with E-state index in [1.807, 2.05) is 0 Å². The minimum Gasteiger partial charge on any atom is -0.389 e. The molecule has 0 saturated heterocycles. The number of methoxy groups -OCH3 is 1. The van der Waals surface area contributed by atoms with E-state index >= 15 is 0 Å². The minimum absolute atomic E-state index is 0.0299. The molecular weight excluding hydrogens is 225 g/mol. The van der Waals surface area contributed by atoms with Crippen LogP contribution in [0.15, 0.2) is 0 Å². The first-order chi connectivity index (χ1) is 7.31. The molecule has 0 aliphatic rings. The number of halogens is 3. The smallest absolute Gasteiger partial charge is 0.389 e. The highest BCUT2D eigenvalue weighted by Crippen LogP contribution is 2.26. The fraction of sp³-hybridized carbons (Fsp3) is 0.889. The van der Waals surface area contributed by atoms with Crippen LogP contribution in [0.1, 0.15) is 0 Å². The summed E-state index contributed by atoms with van der Waals surface area (Å²) in [4.78, 5) is 1.26. The first-order valence-corrected chi connectivity index (χ1v) is 4.63. The molecule has 2 unspecified atom stereocenters. The Labute approximate surface area is 92.2 Å². The number of nitriles is 1. The number of hydrogen-bond donors (Lipinski definition) is 1. The van der Waals surface area contributed by atoms with Crippen LogP contribution in [0.5, 0.6) is 0 Å². The van der Waals surface area contributed by atoms with Crippen molar-refractivity contribution in [2.45, 2.75) is 12.3 Å². The van der Waals surface area contributed by atoms with Gasteiger partial charge in [0.25, 0.3) is 0 Å². The summed E-state index contributed by atoms with van der Waals surface area (Å²) < 4.78 is 41.3. The van der Waals surface area contributed by atoms with Crippen LogP contribution >= 0.6 is 0 Å². The largest absolute Gasteiger partial charge is 0.405 e. The summed E-state index contributed by atoms with van der Waals surface area (Å²) in [5.41, 5.74) is 0. The summed E-state index contributed by atoms with van der Waals surface area (Å²) in [6, 6.07) is 1.20. The molecule has 0 aromatic rings. The summed E-state index contributed by atoms with van der Waals surface area (Å²) in [7, 11) is 2.80. The van der Waals surface area contributed by atoms with Gasteiger partial charge in [0, 0.05) is 20.2 Å². The molecule has 94 valence electrons. The van der Waals surface area contributed by atoms with E-state index in [4.69, 9.17) is 5.26 Å². The van der Waals surface area contributed by atoms with E-state index in [1.54, 1.807) is 0 Å². The van der Waals surface area contributed by atoms with Gasteiger partial charge in [-0.2, -0.15) is 18.4 Å². The van der Waals surface area contributed by atoms with Crippen LogP contribution < -0.4 is 0 Å². The molecule has 0 heterocycles. The molecule has 1 N–H and O–H groups in total. The first-order valence-electron chi connectivity index (χ1n) is 4.63. The Morgan fingerprint density at radius 2 is 2.00 bits per heavy atom. The maximum Gasteiger partial charge on any atom is 0.405 e. The molecule has 0 rings (SSSR count). The highest BCUT2D eigenvalue weighted by Gasteiger charge is 2.40. The molecular formula is C9H15F3N2O2. The van der Waals surface area contributed by atoms with Gasteiger partial charge in [0.05, 0.1) is 18.8 Å². The van der Waals surface area contributed by atoms with Crippen LogP contribution in [0.2, 0.25) is 0 Å². The molecule has 0 aromatic heterocycles. The number of nitrogens with zero attached hydrogens (tertiary/aromatic N) is 2. The molecule has 0 amide bonds. The molecule has 0 fully saturated rings. The summed E-state index contributed by atoms with van der Waals surface area (Å²) >= 11 is 0. The van der Waals surface area contributed by atoms with Crippen molar-refractivity contribution < 1.29 is 23.0 Å². The average Bonchev–Trinajstić information content (AvgIpc) is 2.12. The van der Waals surface area contributed by atoms with Gasteiger partial charge in [0.15, 0.2) is 5.92 Å². The van der Waals surface area contributed by atoms with Crippen molar-refractivity contribution in [1.82, 2.24) is 4.90 Å². The van der Waals surface area contributed by atoms with Crippen molar-refractivity contribution in [2.75, 3.05) is 33.9 Å². The number of aliphatic hydroxyl groups is 1. The monoisotopic (exact) mass is 240 g/mol. The third-order valence-corrected chi connectivity index (χ3v) is 1.93. The standard InChI is InChI=1S/C9H15F3N2O2/c1-14(5-8(15)6-16-2)4-7(3-13)9(10,11)12/h7-8,15H,4-6H2,1-2H3. The highest BCUT2D eigenvalue weighted by atomic mass is 19.4. The van der Waals surface area contributed by atoms with Crippen LogP contribution in [0.25, 0.3) is 0 Å². The summed E-state index contributed by atoms with van der Waals surface area (Å²) in [5, 5.41) is 17.6. The number of ether oxygens (including phenoxy) is 1. The predicted octanol–water partition coefficient (Wildman–Crippen LogP) is 0.628. The van der Waals surface area contributed by atoms with E-state index in [-0.39, 0.29) is 13.2 Å². The second-order valence-corrected chi connectivity index (χ2v) is 3.55. The van der Waals surface area contributed by atoms with E-state index < -0.39 is 24.7 Å². The predicted molar refractivity (Wildman–Crippen MR) is 50.5 cm³/mol. The zero-order valence-corrected chi connectivity index (χ0v) is 9.16. The Balaban J connectivity index is 4.13. The summed E-state index contributed by atoms with van der Waals surface area (Å²) in [6.07, 6.45) is -5.39. The van der Waals surface area contributed by atoms with E-state index in [2.05, 4.69) is 4.74 Å². The molecule has 7 heteroatoms. The normalized spacial score (nSPS) is 15.9. The van der Waals surface area contributed by atoms with Gasteiger partial charge >= 0.3 is 6.18 Å². The molecule has 0 saturated carbocycles. The van der Waals surface area contributed by atoms with Crippen molar-refractivity contribution in [1.29, 1.82) is 5.26 Å². The number of aliphatic hydroxyl groups excluding tert-OH is 1. The molecule has 0 aromatic carbocycles. The molecule has 0 radical (unpaired) electrons. The topological polar surface area (TPSA) is 56.5 Å². The van der Waals surface area contributed by atoms with Crippen molar-refractivity contribution in [2.24, 2.45) is 5.92 Å². The Kier molecular flexibility index (Phi) is 6.33. The first kappa shape index (κ1) is 15.2. The summed E-state index contributed by atoms with van der Waals surface area (Å²) in [5.74, 6) is -2.03. The van der Waals surface area contributed by atoms with Gasteiger partial charge in [-0.1, -0.05) is 0 Å². The molecule has 0 bridgehead atoms. The van der Waals surface area contributed by atoms with Gasteiger partial charge < -0.3 is 14.7 Å². The third kappa shape index (κ3) is 5.90. The zero-order valence-electron chi connectivity index (χ0n) is 9.16. The van der Waals surface area contributed by atoms with Crippen LogP contribution in [0, 0.1) is 17.2 Å². The lowest BCUT2D eigenvalue weighted by Gasteiger charge is -2.23. The lowest BCUT2D eigenvalue weighted by molar-refractivity contribution is -0.163. The Hall–Kier alpha value is -0.840. The SMILES string of the molecule is COCC(O)CN(C)CC(C#N)C(F)(F)F. The fourth-order valence-electron chi connectivity index (χ4n) is 1.21. The second kappa shape index (κ2) is 6.68. The average molecular weight is 240 g/mol. The molecule has 16 heavy (non-hydrogen) atoms. The van der Waals surface area contributed by atoms with Gasteiger partial charge in [0.2, 0.25) is 0 Å². The number of hydrogen-bond acceptors (Lipinski definition) is 4.